The van der Waals surface area contributed by atoms with Crippen LogP contribution in [0.2, 0.25) is 0 Å². The predicted octanol–water partition coefficient (Wildman–Crippen LogP) is 15.8. The van der Waals surface area contributed by atoms with Crippen LogP contribution in [0.25, 0.3) is 67.6 Å². The number of nitrogens with one attached hydrogen (secondary N) is 2. The molecule has 0 atom stereocenters. The number of benzene rings is 6. The smallest absolute Gasteiger partial charge is 0.384 e. The van der Waals surface area contributed by atoms with Crippen molar-refractivity contribution < 1.29 is 51.3 Å². The average molecular weight is 1970 g/mol. The van der Waals surface area contributed by atoms with Gasteiger partial charge >= 0.3 is 6.18 Å². The largest absolute Gasteiger partial charge is 0.417 e. The number of nitrogens with two attached hydrogens (primary N) is 2. The summed E-state index contributed by atoms with van der Waals surface area (Å²) in [5.41, 5.74) is 30.0. The quantitative estimate of drug-likeness (QED) is 0.0779. The summed E-state index contributed by atoms with van der Waals surface area (Å²) in [7, 11) is 0. The SMILES string of the molecule is CC(C)c1ccccc1Nc1cc(C#Cc2cnc3ccc(-c4ccc(C(=O)N5CCOCC5)cc4)nn23)ccn1.Cc1ccc(Nc2cc(C#Cc3cnc4ccc(-c5ccc(C(=O)N6CCOCC6)cc5)nn34)ccn2)cc1.Nc1cc(C#Cc2cnc3ccc(-c4ccc(C(=O)N5CCOCC5)c(C(F)(F)F)c4)nn23)ccn1.Nc1cc(C#Cc2cnc3ccc(-c4ccc(C(=O)N5CCOCC5)cc4)nn23)ccn1. The topological polar surface area (TPSA) is 367 Å². The zero-order valence-electron chi connectivity index (χ0n) is 80.5. The molecule has 35 heteroatoms. The molecule has 12 aromatic heterocycles. The number of carbonyl (C=O) groups excluding carboxylic acids is 4. The third-order valence-corrected chi connectivity index (χ3v) is 24.4. The number of nitrogens with zero attached hydrogens (tertiary/aromatic N) is 20. The highest BCUT2D eigenvalue weighted by molar-refractivity contribution is 5.98. The standard InChI is InChI=1S/C33H30N6O2.C31H26N6O2.C25H19F3N6O2.C24H20N6O2/c1-23(2)28-5-3-4-6-30(28)36-31-21-24(15-16-34-31)7-12-27-22-35-32-14-13-29(37-39(27)32)25-8-10-26(11-9-25)33(40)38-17-19-41-20-18-38;1-22-2-9-26(10-3-22)34-29-20-23(14-15-32-29)4-11-27-21-33-30-13-12-28(35-37(27)30)24-5-7-25(8-6-24)31(38)36-16-18-39-19-17-36;26-25(27,28)20-14-17(2-4-19(20)24(35)33-9-11-36-12-10-33)21-5-6-23-31-15-18(34(23)32-21)3-1-16-7-8-30-22(29)13-16;25-22-15-17(9-10-26-22)1-6-20-16-27-23-8-7-21(28-30(20)23)18-2-4-19(5-3-18)24(31)29-11-13-32-14-12-29/h3-6,8-11,13-16,21-23H,17-20H2,1-2H3,(H,34,36);2-3,5-10,12-15,20-21H,16-19H2,1H3,(H,32,34);2,4-8,13-15H,9-12H2,(H2,29,30);2-5,7-10,15-16H,11-14H2,(H2,25,26). The van der Waals surface area contributed by atoms with E-state index in [1.807, 2.05) is 172 Å². The monoisotopic (exact) mass is 1970 g/mol. The molecule has 736 valence electrons. The van der Waals surface area contributed by atoms with Crippen LogP contribution in [-0.4, -0.2) is 227 Å². The number of alkyl halides is 3. The number of fused-ring (bicyclic) bond motifs is 4. The number of anilines is 6. The van der Waals surface area contributed by atoms with Crippen molar-refractivity contribution in [3.8, 4) is 92.4 Å². The molecular formula is C113H95F3N24O8. The van der Waals surface area contributed by atoms with E-state index >= 15 is 0 Å². The number of nitrogen functional groups attached to an aromatic ring is 2. The van der Waals surface area contributed by atoms with Gasteiger partial charge in [-0.3, -0.25) is 19.2 Å². The normalized spacial score (nSPS) is 13.4. The van der Waals surface area contributed by atoms with Crippen molar-refractivity contribution in [2.24, 2.45) is 0 Å². The molecule has 0 radical (unpaired) electrons. The summed E-state index contributed by atoms with van der Waals surface area (Å²) in [6.07, 6.45) is 8.57. The van der Waals surface area contributed by atoms with Gasteiger partial charge in [-0.05, 0) is 206 Å². The van der Waals surface area contributed by atoms with E-state index in [9.17, 15) is 32.3 Å². The molecule has 6 N–H and O–H groups in total. The molecule has 32 nitrogen and oxygen atoms in total. The van der Waals surface area contributed by atoms with Gasteiger partial charge in [-0.2, -0.15) is 33.6 Å². The van der Waals surface area contributed by atoms with Gasteiger partial charge in [0.15, 0.2) is 22.6 Å². The lowest BCUT2D eigenvalue weighted by atomic mass is 10.00. The fourth-order valence-electron chi connectivity index (χ4n) is 16.5. The number of pyridine rings is 4. The Bertz CT molecular complexity index is 8230. The van der Waals surface area contributed by atoms with Crippen LogP contribution >= 0.6 is 0 Å². The van der Waals surface area contributed by atoms with Crippen LogP contribution < -0.4 is 22.1 Å². The first kappa shape index (κ1) is 98.1. The summed E-state index contributed by atoms with van der Waals surface area (Å²) in [6.45, 7) is 14.7. The van der Waals surface area contributed by atoms with Crippen molar-refractivity contribution in [1.29, 1.82) is 0 Å². The lowest BCUT2D eigenvalue weighted by Gasteiger charge is -2.28. The fourth-order valence-corrected chi connectivity index (χ4v) is 16.5. The van der Waals surface area contributed by atoms with Gasteiger partial charge in [0.2, 0.25) is 0 Å². The molecule has 4 aliphatic rings. The molecule has 4 saturated heterocycles. The van der Waals surface area contributed by atoms with Crippen LogP contribution in [0.4, 0.5) is 47.8 Å². The van der Waals surface area contributed by atoms with Gasteiger partial charge in [0.05, 0.1) is 112 Å². The first-order chi connectivity index (χ1) is 72.1. The maximum atomic E-state index is 14.0. The fraction of sp³-hybridized carbons (Fsp3) is 0.186. The second kappa shape index (κ2) is 45.3. The Morgan fingerprint density at radius 2 is 0.669 bits per heavy atom. The highest BCUT2D eigenvalue weighted by Crippen LogP contribution is 2.37. The highest BCUT2D eigenvalue weighted by Gasteiger charge is 2.38. The van der Waals surface area contributed by atoms with Gasteiger partial charge in [-0.25, -0.2) is 57.9 Å². The minimum absolute atomic E-state index is 0.0205. The minimum atomic E-state index is -4.73. The zero-order chi connectivity index (χ0) is 102. The van der Waals surface area contributed by atoms with Crippen molar-refractivity contribution in [3.05, 3.63) is 370 Å². The van der Waals surface area contributed by atoms with Crippen molar-refractivity contribution in [1.82, 2.24) is 97.9 Å². The van der Waals surface area contributed by atoms with Gasteiger partial charge in [0.1, 0.15) is 46.0 Å². The number of aromatic nitrogens is 16. The van der Waals surface area contributed by atoms with E-state index in [-0.39, 0.29) is 42.1 Å². The molecule has 0 bridgehead atoms. The number of carbonyl (C=O) groups is 4. The number of amides is 4. The van der Waals surface area contributed by atoms with E-state index in [1.54, 1.807) is 87.1 Å². The number of morpholine rings is 4. The second-order valence-corrected chi connectivity index (χ2v) is 34.8. The van der Waals surface area contributed by atoms with Gasteiger partial charge in [-0.15, -0.1) is 0 Å². The number of rotatable bonds is 13. The summed E-state index contributed by atoms with van der Waals surface area (Å²) in [6, 6.07) is 71.7. The number of hydrogen-bond donors (Lipinski definition) is 4. The minimum Gasteiger partial charge on any atom is -0.384 e. The molecule has 148 heavy (non-hydrogen) atoms. The van der Waals surface area contributed by atoms with E-state index in [1.165, 1.54) is 45.1 Å². The predicted molar refractivity (Wildman–Crippen MR) is 554 cm³/mol. The van der Waals surface area contributed by atoms with Crippen LogP contribution in [0.3, 0.4) is 0 Å². The number of para-hydroxylation sites is 1. The molecular weight excluding hydrogens is 1880 g/mol. The van der Waals surface area contributed by atoms with Crippen LogP contribution in [0, 0.1) is 54.3 Å². The molecule has 4 aliphatic heterocycles. The van der Waals surface area contributed by atoms with Crippen LogP contribution in [-0.2, 0) is 25.1 Å². The van der Waals surface area contributed by atoms with E-state index in [4.69, 9.17) is 45.7 Å². The molecule has 16 heterocycles. The number of imidazole rings is 4. The zero-order valence-corrected chi connectivity index (χ0v) is 80.5. The maximum Gasteiger partial charge on any atom is 0.417 e. The molecule has 22 rings (SSSR count). The van der Waals surface area contributed by atoms with E-state index in [2.05, 4.69) is 148 Å². The number of aryl methyl sites for hydroxylation is 1. The Kier molecular flexibility index (Phi) is 30.0. The summed E-state index contributed by atoms with van der Waals surface area (Å²) >= 11 is 0. The number of ether oxygens (including phenoxy) is 4. The third kappa shape index (κ3) is 24.0. The number of halogens is 3. The number of hydrogen-bond acceptors (Lipinski definition) is 24. The van der Waals surface area contributed by atoms with Crippen LogP contribution in [0.5, 0.6) is 0 Å². The lowest BCUT2D eigenvalue weighted by Crippen LogP contribution is -2.41. The van der Waals surface area contributed by atoms with Crippen molar-refractivity contribution in [2.75, 3.05) is 127 Å². The van der Waals surface area contributed by atoms with Crippen molar-refractivity contribution in [3.63, 3.8) is 0 Å². The summed E-state index contributed by atoms with van der Waals surface area (Å²) in [5.74, 6) is 26.9. The Morgan fingerprint density at radius 1 is 0.345 bits per heavy atom. The van der Waals surface area contributed by atoms with E-state index < -0.39 is 23.2 Å². The molecule has 0 spiro atoms. The molecule has 6 aromatic carbocycles. The average Bonchev–Trinajstić information content (AvgIpc) is 1.20. The van der Waals surface area contributed by atoms with Crippen LogP contribution in [0.15, 0.2) is 286 Å². The van der Waals surface area contributed by atoms with Gasteiger partial charge in [0.25, 0.3) is 23.6 Å². The van der Waals surface area contributed by atoms with Crippen molar-refractivity contribution in [2.45, 2.75) is 32.9 Å². The first-order valence-electron chi connectivity index (χ1n) is 47.7. The Morgan fingerprint density at radius 3 is 1.02 bits per heavy atom. The maximum absolute atomic E-state index is 14.0. The lowest BCUT2D eigenvalue weighted by molar-refractivity contribution is -0.138. The van der Waals surface area contributed by atoms with Crippen molar-refractivity contribution >= 4 is 80.9 Å². The van der Waals surface area contributed by atoms with E-state index in [0.29, 0.717) is 177 Å². The van der Waals surface area contributed by atoms with Gasteiger partial charge in [0, 0.05) is 150 Å². The Hall–Kier alpha value is -18.6. The Labute approximate surface area is 848 Å². The first-order valence-corrected chi connectivity index (χ1v) is 47.7. The van der Waals surface area contributed by atoms with Gasteiger partial charge in [-0.1, -0.05) is 116 Å². The summed E-state index contributed by atoms with van der Waals surface area (Å²) < 4.78 is 69.8. The molecule has 18 aromatic rings. The van der Waals surface area contributed by atoms with Crippen LogP contribution in [0.1, 0.15) is 123 Å². The molecule has 4 amide bonds. The van der Waals surface area contributed by atoms with Gasteiger partial charge < -0.3 is 60.6 Å². The highest BCUT2D eigenvalue weighted by atomic mass is 19.4. The molecule has 0 unspecified atom stereocenters. The molecule has 0 aliphatic carbocycles. The summed E-state index contributed by atoms with van der Waals surface area (Å²) in [5, 5.41) is 25.5. The second-order valence-electron chi connectivity index (χ2n) is 34.8. The Balaban J connectivity index is 0.000000125. The molecule has 0 saturated carbocycles. The van der Waals surface area contributed by atoms with E-state index in [0.717, 1.165) is 79.5 Å². The summed E-state index contributed by atoms with van der Waals surface area (Å²) in [4.78, 5) is 92.2. The molecule has 4 fully saturated rings. The third-order valence-electron chi connectivity index (χ3n) is 24.4.